The third kappa shape index (κ3) is 2.85. The number of hydrogen-bond donors (Lipinski definition) is 2. The fourth-order valence-corrected chi connectivity index (χ4v) is 3.81. The first-order valence-electron chi connectivity index (χ1n) is 7.92. The quantitative estimate of drug-likeness (QED) is 0.637. The molecule has 1 heterocycles. The van der Waals surface area contributed by atoms with E-state index in [0.29, 0.717) is 17.2 Å². The summed E-state index contributed by atoms with van der Waals surface area (Å²) in [4.78, 5) is 10.7. The molecule has 4 nitrogen and oxygen atoms in total. The van der Waals surface area contributed by atoms with E-state index < -0.39 is 5.97 Å². The van der Waals surface area contributed by atoms with Crippen molar-refractivity contribution >= 4 is 12.0 Å². The molecule has 0 aromatic heterocycles. The van der Waals surface area contributed by atoms with Crippen molar-refractivity contribution in [1.29, 1.82) is 0 Å². The summed E-state index contributed by atoms with van der Waals surface area (Å²) in [5.41, 5.74) is 2.45. The predicted molar refractivity (Wildman–Crippen MR) is 88.7 cm³/mol. The number of ether oxygens (including phenoxy) is 1. The highest BCUT2D eigenvalue weighted by Crippen LogP contribution is 2.53. The molecule has 1 unspecified atom stereocenters. The maximum Gasteiger partial charge on any atom is 0.328 e. The van der Waals surface area contributed by atoms with Crippen LogP contribution in [0.3, 0.4) is 0 Å². The maximum absolute atomic E-state index is 10.7. The average Bonchev–Trinajstić information content (AvgIpc) is 2.43. The Labute approximate surface area is 136 Å². The van der Waals surface area contributed by atoms with E-state index in [-0.39, 0.29) is 17.3 Å². The highest BCUT2D eigenvalue weighted by atomic mass is 16.5. The van der Waals surface area contributed by atoms with Crippen LogP contribution in [0.25, 0.3) is 6.08 Å². The molecular weight excluding hydrogens is 292 g/mol. The van der Waals surface area contributed by atoms with Crippen molar-refractivity contribution in [3.8, 4) is 11.5 Å². The summed E-state index contributed by atoms with van der Waals surface area (Å²) < 4.78 is 6.18. The van der Waals surface area contributed by atoms with Gasteiger partial charge in [0.25, 0.3) is 0 Å². The zero-order valence-corrected chi connectivity index (χ0v) is 13.7. The third-order valence-electron chi connectivity index (χ3n) is 4.91. The third-order valence-corrected chi connectivity index (χ3v) is 4.91. The number of rotatable bonds is 2. The van der Waals surface area contributed by atoms with Gasteiger partial charge in [0.2, 0.25) is 0 Å². The van der Waals surface area contributed by atoms with Crippen LogP contribution in [-0.4, -0.2) is 21.8 Å². The number of aliphatic carboxylic acids is 1. The Kier molecular flexibility index (Phi) is 3.71. The van der Waals surface area contributed by atoms with Gasteiger partial charge in [-0.1, -0.05) is 11.6 Å². The van der Waals surface area contributed by atoms with E-state index in [1.165, 1.54) is 11.6 Å². The molecule has 1 aromatic carbocycles. The number of carbonyl (C=O) groups is 1. The fraction of sp³-hybridized carbons (Fsp3) is 0.421. The van der Waals surface area contributed by atoms with Crippen molar-refractivity contribution in [2.24, 2.45) is 5.92 Å². The summed E-state index contributed by atoms with van der Waals surface area (Å²) in [6, 6.07) is 3.42. The number of allylic oxidation sites excluding steroid dienone is 2. The SMILES string of the molecule is CC1=CC2c3c(O)cc(/C=C/C(=O)O)cc3OC(C)(C)[C@@H]2CC1. The first-order valence-corrected chi connectivity index (χ1v) is 7.92. The minimum Gasteiger partial charge on any atom is -0.507 e. The van der Waals surface area contributed by atoms with Gasteiger partial charge in [0.15, 0.2) is 0 Å². The van der Waals surface area contributed by atoms with Crippen LogP contribution in [0.5, 0.6) is 11.5 Å². The lowest BCUT2D eigenvalue weighted by Gasteiger charge is -2.46. The fourth-order valence-electron chi connectivity index (χ4n) is 3.81. The number of benzene rings is 1. The summed E-state index contributed by atoms with van der Waals surface area (Å²) in [7, 11) is 0. The van der Waals surface area contributed by atoms with Crippen LogP contribution in [0.15, 0.2) is 29.9 Å². The zero-order valence-electron chi connectivity index (χ0n) is 13.7. The van der Waals surface area contributed by atoms with Crippen molar-refractivity contribution < 1.29 is 19.7 Å². The highest BCUT2D eigenvalue weighted by Gasteiger charge is 2.45. The molecule has 122 valence electrons. The van der Waals surface area contributed by atoms with Crippen LogP contribution in [0, 0.1) is 5.92 Å². The van der Waals surface area contributed by atoms with Crippen molar-refractivity contribution in [2.75, 3.05) is 0 Å². The molecule has 0 bridgehead atoms. The first-order chi connectivity index (χ1) is 10.8. The number of carboxylic acids is 1. The Bertz CT molecular complexity index is 712. The van der Waals surface area contributed by atoms with Gasteiger partial charge in [0.1, 0.15) is 17.1 Å². The van der Waals surface area contributed by atoms with Crippen LogP contribution >= 0.6 is 0 Å². The van der Waals surface area contributed by atoms with E-state index in [1.807, 2.05) is 6.07 Å². The van der Waals surface area contributed by atoms with Crippen LogP contribution in [0.4, 0.5) is 0 Å². The monoisotopic (exact) mass is 314 g/mol. The van der Waals surface area contributed by atoms with Gasteiger partial charge in [0, 0.05) is 23.5 Å². The van der Waals surface area contributed by atoms with E-state index >= 15 is 0 Å². The lowest BCUT2D eigenvalue weighted by atomic mass is 9.68. The summed E-state index contributed by atoms with van der Waals surface area (Å²) in [5.74, 6) is 0.260. The topological polar surface area (TPSA) is 66.8 Å². The van der Waals surface area contributed by atoms with Crippen molar-refractivity contribution in [2.45, 2.75) is 45.1 Å². The van der Waals surface area contributed by atoms with Gasteiger partial charge in [0.05, 0.1) is 0 Å². The smallest absolute Gasteiger partial charge is 0.328 e. The Morgan fingerprint density at radius 3 is 2.83 bits per heavy atom. The molecule has 1 aromatic rings. The molecule has 1 aliphatic heterocycles. The molecule has 1 aliphatic carbocycles. The molecular formula is C19H22O4. The molecule has 0 radical (unpaired) electrons. The molecule has 0 fully saturated rings. The Morgan fingerprint density at radius 2 is 2.13 bits per heavy atom. The molecule has 0 amide bonds. The molecule has 23 heavy (non-hydrogen) atoms. The van der Waals surface area contributed by atoms with Gasteiger partial charge in [-0.05, 0) is 57.4 Å². The summed E-state index contributed by atoms with van der Waals surface area (Å²) >= 11 is 0. The van der Waals surface area contributed by atoms with Gasteiger partial charge in [-0.2, -0.15) is 0 Å². The second kappa shape index (κ2) is 5.44. The van der Waals surface area contributed by atoms with E-state index in [1.54, 1.807) is 6.07 Å². The number of phenolic OH excluding ortho intramolecular Hbond substituents is 1. The second-order valence-electron chi connectivity index (χ2n) is 7.01. The summed E-state index contributed by atoms with van der Waals surface area (Å²) in [6.45, 7) is 6.29. The van der Waals surface area contributed by atoms with Crippen LogP contribution in [0.1, 0.15) is 50.7 Å². The Morgan fingerprint density at radius 1 is 1.39 bits per heavy atom. The largest absolute Gasteiger partial charge is 0.507 e. The second-order valence-corrected chi connectivity index (χ2v) is 7.01. The number of aromatic hydroxyl groups is 1. The lowest BCUT2D eigenvalue weighted by molar-refractivity contribution is -0.131. The normalized spacial score (nSPS) is 25.3. The van der Waals surface area contributed by atoms with Gasteiger partial charge in [-0.25, -0.2) is 4.79 Å². The maximum atomic E-state index is 10.7. The average molecular weight is 314 g/mol. The first kappa shape index (κ1) is 15.7. The van der Waals surface area contributed by atoms with E-state index in [9.17, 15) is 9.90 Å². The molecule has 3 rings (SSSR count). The van der Waals surface area contributed by atoms with Gasteiger partial charge in [-0.15, -0.1) is 0 Å². The van der Waals surface area contributed by atoms with E-state index in [4.69, 9.17) is 9.84 Å². The van der Waals surface area contributed by atoms with Crippen LogP contribution < -0.4 is 4.74 Å². The van der Waals surface area contributed by atoms with Gasteiger partial charge in [-0.3, -0.25) is 0 Å². The Hall–Kier alpha value is -2.23. The Balaban J connectivity index is 2.11. The molecule has 0 saturated heterocycles. The van der Waals surface area contributed by atoms with Crippen LogP contribution in [0.2, 0.25) is 0 Å². The van der Waals surface area contributed by atoms with Crippen molar-refractivity contribution in [1.82, 2.24) is 0 Å². The van der Waals surface area contributed by atoms with Crippen molar-refractivity contribution in [3.63, 3.8) is 0 Å². The predicted octanol–water partition coefficient (Wildman–Crippen LogP) is 4.10. The van der Waals surface area contributed by atoms with E-state index in [0.717, 1.165) is 24.5 Å². The number of fused-ring (bicyclic) bond motifs is 3. The number of phenols is 1. The van der Waals surface area contributed by atoms with Gasteiger partial charge >= 0.3 is 5.97 Å². The molecule has 0 saturated carbocycles. The zero-order chi connectivity index (χ0) is 16.8. The number of carboxylic acid groups (broad SMARTS) is 1. The van der Waals surface area contributed by atoms with E-state index in [2.05, 4.69) is 26.8 Å². The molecule has 4 heteroatoms. The minimum absolute atomic E-state index is 0.139. The lowest BCUT2D eigenvalue weighted by Crippen LogP contribution is -2.45. The van der Waals surface area contributed by atoms with Gasteiger partial charge < -0.3 is 14.9 Å². The summed E-state index contributed by atoms with van der Waals surface area (Å²) in [5, 5.41) is 19.3. The molecule has 2 aliphatic rings. The standard InChI is InChI=1S/C19H22O4/c1-11-4-6-14-13(8-11)18-15(20)9-12(5-7-17(21)22)10-16(18)23-19(14,2)3/h5,7-10,13-14,20H,4,6H2,1-3H3,(H,21,22)/b7-5+/t13?,14-/m1/s1. The molecule has 2 N–H and O–H groups in total. The van der Waals surface area contributed by atoms with Crippen LogP contribution in [-0.2, 0) is 4.79 Å². The molecule has 0 spiro atoms. The number of hydrogen-bond acceptors (Lipinski definition) is 3. The minimum atomic E-state index is -1.02. The van der Waals surface area contributed by atoms with Crippen molar-refractivity contribution in [3.05, 3.63) is 41.0 Å². The highest BCUT2D eigenvalue weighted by molar-refractivity contribution is 5.85. The molecule has 2 atom stereocenters. The summed E-state index contributed by atoms with van der Waals surface area (Å²) in [6.07, 6.45) is 6.86.